The van der Waals surface area contributed by atoms with Gasteiger partial charge in [0.05, 0.1) is 36.6 Å². The van der Waals surface area contributed by atoms with Crippen molar-refractivity contribution >= 4 is 55.7 Å². The van der Waals surface area contributed by atoms with Crippen LogP contribution in [0.2, 0.25) is 5.02 Å². The second-order valence-electron chi connectivity index (χ2n) is 8.34. The van der Waals surface area contributed by atoms with Crippen LogP contribution in [0.15, 0.2) is 66.2 Å². The standard InChI is InChI=1S/C28H23ClN2O6S/c1-4-37-18-9-11-20-22(14-18)38-28(30-20)31-24(19-13-17(35-2)10-12-21(19)36-3)23(26(33)27(31)34)25(32)15-5-7-16(29)8-6-15/h5-14,24,32H,4H2,1-3H3/b25-23+/t24-/m1/s1. The molecule has 4 aromatic rings. The average molecular weight is 551 g/mol. The third-order valence-electron chi connectivity index (χ3n) is 6.16. The maximum Gasteiger partial charge on any atom is 0.301 e. The third-order valence-corrected chi connectivity index (χ3v) is 7.43. The molecule has 1 saturated heterocycles. The number of amides is 1. The van der Waals surface area contributed by atoms with Crippen molar-refractivity contribution in [1.29, 1.82) is 0 Å². The number of halogens is 1. The van der Waals surface area contributed by atoms with Gasteiger partial charge in [-0.2, -0.15) is 0 Å². The predicted octanol–water partition coefficient (Wildman–Crippen LogP) is 5.99. The number of fused-ring (bicyclic) bond motifs is 1. The number of rotatable bonds is 7. The number of aliphatic hydroxyl groups is 1. The molecule has 5 rings (SSSR count). The Balaban J connectivity index is 1.75. The van der Waals surface area contributed by atoms with E-state index in [4.69, 9.17) is 25.8 Å². The summed E-state index contributed by atoms with van der Waals surface area (Å²) in [4.78, 5) is 33.0. The number of aromatic nitrogens is 1. The van der Waals surface area contributed by atoms with Crippen LogP contribution in [-0.4, -0.2) is 42.6 Å². The van der Waals surface area contributed by atoms with E-state index in [1.54, 1.807) is 54.6 Å². The van der Waals surface area contributed by atoms with E-state index in [9.17, 15) is 14.7 Å². The van der Waals surface area contributed by atoms with E-state index in [2.05, 4.69) is 4.98 Å². The summed E-state index contributed by atoms with van der Waals surface area (Å²) in [7, 11) is 3.00. The van der Waals surface area contributed by atoms with E-state index in [0.717, 1.165) is 4.70 Å². The lowest BCUT2D eigenvalue weighted by molar-refractivity contribution is -0.132. The number of ether oxygens (including phenoxy) is 3. The first kappa shape index (κ1) is 25.6. The van der Waals surface area contributed by atoms with E-state index in [1.807, 2.05) is 13.0 Å². The molecule has 1 fully saturated rings. The first-order chi connectivity index (χ1) is 18.4. The Morgan fingerprint density at radius 3 is 2.45 bits per heavy atom. The van der Waals surface area contributed by atoms with Gasteiger partial charge < -0.3 is 19.3 Å². The number of anilines is 1. The highest BCUT2D eigenvalue weighted by Crippen LogP contribution is 2.47. The van der Waals surface area contributed by atoms with Crippen LogP contribution in [0.25, 0.3) is 16.0 Å². The highest BCUT2D eigenvalue weighted by atomic mass is 35.5. The van der Waals surface area contributed by atoms with Crippen molar-refractivity contribution in [1.82, 2.24) is 4.98 Å². The highest BCUT2D eigenvalue weighted by molar-refractivity contribution is 7.22. The number of carbonyl (C=O) groups excluding carboxylic acids is 2. The van der Waals surface area contributed by atoms with Gasteiger partial charge in [0.25, 0.3) is 5.78 Å². The van der Waals surface area contributed by atoms with E-state index >= 15 is 0 Å². The molecule has 1 N–H and O–H groups in total. The van der Waals surface area contributed by atoms with Gasteiger partial charge in [-0.25, -0.2) is 4.98 Å². The van der Waals surface area contributed by atoms with Crippen LogP contribution in [0.5, 0.6) is 17.2 Å². The fourth-order valence-electron chi connectivity index (χ4n) is 4.39. The molecule has 10 heteroatoms. The van der Waals surface area contributed by atoms with Crippen molar-refractivity contribution in [3.63, 3.8) is 0 Å². The molecule has 194 valence electrons. The highest BCUT2D eigenvalue weighted by Gasteiger charge is 2.49. The van der Waals surface area contributed by atoms with E-state index < -0.39 is 17.7 Å². The van der Waals surface area contributed by atoms with Gasteiger partial charge in [0.1, 0.15) is 29.0 Å². The molecule has 1 atom stereocenters. The van der Waals surface area contributed by atoms with Crippen molar-refractivity contribution in [2.24, 2.45) is 0 Å². The summed E-state index contributed by atoms with van der Waals surface area (Å²) >= 11 is 7.27. The number of thiazole rings is 1. The predicted molar refractivity (Wildman–Crippen MR) is 147 cm³/mol. The maximum absolute atomic E-state index is 13.6. The van der Waals surface area contributed by atoms with Gasteiger partial charge in [0, 0.05) is 16.1 Å². The SMILES string of the molecule is CCOc1ccc2nc(N3C(=O)C(=O)/C(=C(/O)c4ccc(Cl)cc4)[C@H]3c3cc(OC)ccc3OC)sc2c1. The fourth-order valence-corrected chi connectivity index (χ4v) is 5.54. The lowest BCUT2D eigenvalue weighted by Gasteiger charge is -2.25. The fraction of sp³-hybridized carbons (Fsp3) is 0.179. The molecule has 0 aliphatic carbocycles. The molecule has 1 aliphatic heterocycles. The molecular formula is C28H23ClN2O6S. The molecule has 0 bridgehead atoms. The van der Waals surface area contributed by atoms with Gasteiger partial charge in [-0.15, -0.1) is 0 Å². The van der Waals surface area contributed by atoms with Gasteiger partial charge in [-0.05, 0) is 67.6 Å². The molecule has 2 heterocycles. The molecule has 1 amide bonds. The number of ketones is 1. The molecule has 1 aromatic heterocycles. The summed E-state index contributed by atoms with van der Waals surface area (Å²) in [6, 6.07) is 15.8. The molecule has 1 aliphatic rings. The number of hydrogen-bond donors (Lipinski definition) is 1. The molecule has 0 saturated carbocycles. The lowest BCUT2D eigenvalue weighted by atomic mass is 9.94. The number of benzene rings is 3. The van der Waals surface area contributed by atoms with Crippen molar-refractivity contribution < 1.29 is 28.9 Å². The minimum absolute atomic E-state index is 0.0989. The Kier molecular flexibility index (Phi) is 6.96. The van der Waals surface area contributed by atoms with Gasteiger partial charge in [0.2, 0.25) is 0 Å². The zero-order valence-corrected chi connectivity index (χ0v) is 22.3. The minimum atomic E-state index is -1.04. The van der Waals surface area contributed by atoms with Crippen LogP contribution in [0, 0.1) is 0 Å². The number of methoxy groups -OCH3 is 2. The quantitative estimate of drug-likeness (QED) is 0.171. The minimum Gasteiger partial charge on any atom is -0.507 e. The van der Waals surface area contributed by atoms with Crippen LogP contribution in [-0.2, 0) is 9.59 Å². The molecule has 0 spiro atoms. The monoisotopic (exact) mass is 550 g/mol. The summed E-state index contributed by atoms with van der Waals surface area (Å²) in [5, 5.41) is 12.1. The van der Waals surface area contributed by atoms with E-state index in [-0.39, 0.29) is 11.3 Å². The van der Waals surface area contributed by atoms with Gasteiger partial charge in [-0.3, -0.25) is 14.5 Å². The summed E-state index contributed by atoms with van der Waals surface area (Å²) in [6.07, 6.45) is 0. The van der Waals surface area contributed by atoms with E-state index in [0.29, 0.717) is 50.7 Å². The number of hydrogen-bond acceptors (Lipinski definition) is 8. The maximum atomic E-state index is 13.6. The molecular weight excluding hydrogens is 528 g/mol. The normalized spacial score (nSPS) is 16.7. The molecule has 0 radical (unpaired) electrons. The summed E-state index contributed by atoms with van der Waals surface area (Å²) in [6.45, 7) is 2.40. The number of aliphatic hydroxyl groups excluding tert-OH is 1. The largest absolute Gasteiger partial charge is 0.507 e. The number of carbonyl (C=O) groups is 2. The zero-order valence-electron chi connectivity index (χ0n) is 20.7. The second kappa shape index (κ2) is 10.4. The Bertz CT molecular complexity index is 1580. The molecule has 38 heavy (non-hydrogen) atoms. The van der Waals surface area contributed by atoms with Crippen LogP contribution < -0.4 is 19.1 Å². The first-order valence-electron chi connectivity index (χ1n) is 11.7. The third kappa shape index (κ3) is 4.44. The van der Waals surface area contributed by atoms with Crippen molar-refractivity contribution in [3.8, 4) is 17.2 Å². The van der Waals surface area contributed by atoms with Gasteiger partial charge >= 0.3 is 5.91 Å². The molecule has 0 unspecified atom stereocenters. The van der Waals surface area contributed by atoms with E-state index in [1.165, 1.54) is 30.5 Å². The summed E-state index contributed by atoms with van der Waals surface area (Å²) in [5.74, 6) is -0.433. The number of nitrogens with zero attached hydrogens (tertiary/aromatic N) is 2. The Labute approximate surface area is 227 Å². The van der Waals surface area contributed by atoms with Crippen LogP contribution in [0.3, 0.4) is 0 Å². The Morgan fingerprint density at radius 2 is 1.76 bits per heavy atom. The topological polar surface area (TPSA) is 98.2 Å². The van der Waals surface area contributed by atoms with Gasteiger partial charge in [-0.1, -0.05) is 22.9 Å². The van der Waals surface area contributed by atoms with Crippen LogP contribution in [0.4, 0.5) is 5.13 Å². The zero-order chi connectivity index (χ0) is 27.0. The first-order valence-corrected chi connectivity index (χ1v) is 12.9. The molecule has 3 aromatic carbocycles. The molecule has 8 nitrogen and oxygen atoms in total. The Morgan fingerprint density at radius 1 is 1.03 bits per heavy atom. The van der Waals surface area contributed by atoms with Crippen molar-refractivity contribution in [2.45, 2.75) is 13.0 Å². The smallest absolute Gasteiger partial charge is 0.301 e. The summed E-state index contributed by atoms with van der Waals surface area (Å²) < 4.78 is 17.4. The van der Waals surface area contributed by atoms with Crippen LogP contribution >= 0.6 is 22.9 Å². The van der Waals surface area contributed by atoms with Crippen molar-refractivity contribution in [3.05, 3.63) is 82.4 Å². The Hall–Kier alpha value is -4.08. The van der Waals surface area contributed by atoms with Gasteiger partial charge in [0.15, 0.2) is 5.13 Å². The van der Waals surface area contributed by atoms with Crippen LogP contribution in [0.1, 0.15) is 24.1 Å². The average Bonchev–Trinajstić information content (AvgIpc) is 3.46. The lowest BCUT2D eigenvalue weighted by Crippen LogP contribution is -2.29. The number of Topliss-reactive ketones (excluding diaryl/α,β-unsaturated/α-hetero) is 1. The second-order valence-corrected chi connectivity index (χ2v) is 9.79. The summed E-state index contributed by atoms with van der Waals surface area (Å²) in [5.41, 5.74) is 1.34. The van der Waals surface area contributed by atoms with Crippen molar-refractivity contribution in [2.75, 3.05) is 25.7 Å².